The first-order chi connectivity index (χ1) is 21.6. The Morgan fingerprint density at radius 1 is 1.07 bits per heavy atom. The molecule has 1 saturated heterocycles. The van der Waals surface area contributed by atoms with E-state index < -0.39 is 17.3 Å². The fourth-order valence-corrected chi connectivity index (χ4v) is 7.57. The fourth-order valence-electron chi connectivity index (χ4n) is 6.81. The molecule has 2 aliphatic heterocycles. The first-order valence-electron chi connectivity index (χ1n) is 15.6. The second kappa shape index (κ2) is 12.6. The monoisotopic (exact) mass is 628 g/mol. The molecule has 2 atom stereocenters. The highest BCUT2D eigenvalue weighted by molar-refractivity contribution is 7.09. The van der Waals surface area contributed by atoms with Crippen LogP contribution in [0.15, 0.2) is 53.9 Å². The fraction of sp³-hybridized carbons (Fsp3) is 0.441. The lowest BCUT2D eigenvalue weighted by atomic mass is 9.69. The first-order valence-corrected chi connectivity index (χ1v) is 16.5. The number of piperidine rings is 1. The van der Waals surface area contributed by atoms with E-state index >= 15 is 0 Å². The van der Waals surface area contributed by atoms with Crippen molar-refractivity contribution in [1.82, 2.24) is 19.9 Å². The zero-order valence-corrected chi connectivity index (χ0v) is 26.8. The van der Waals surface area contributed by atoms with E-state index in [1.807, 2.05) is 74.2 Å². The maximum atomic E-state index is 13.4. The molecule has 4 heterocycles. The van der Waals surface area contributed by atoms with Crippen molar-refractivity contribution >= 4 is 51.8 Å². The van der Waals surface area contributed by atoms with Gasteiger partial charge >= 0.3 is 5.97 Å². The van der Waals surface area contributed by atoms with Gasteiger partial charge in [0.05, 0.1) is 23.5 Å². The van der Waals surface area contributed by atoms with E-state index in [1.54, 1.807) is 10.3 Å². The van der Waals surface area contributed by atoms with Crippen LogP contribution in [0, 0.1) is 17.3 Å². The molecule has 2 aromatic heterocycles. The number of anilines is 2. The lowest BCUT2D eigenvalue weighted by molar-refractivity contribution is -0.147. The second-order valence-corrected chi connectivity index (χ2v) is 14.2. The largest absolute Gasteiger partial charge is 0.481 e. The first kappa shape index (κ1) is 30.8. The van der Waals surface area contributed by atoms with E-state index in [0.29, 0.717) is 36.1 Å². The quantitative estimate of drug-likeness (QED) is 0.214. The van der Waals surface area contributed by atoms with Crippen LogP contribution >= 0.6 is 11.3 Å². The van der Waals surface area contributed by atoms with Gasteiger partial charge in [-0.2, -0.15) is 0 Å². The van der Waals surface area contributed by atoms with E-state index in [-0.39, 0.29) is 30.7 Å². The predicted octanol–water partition coefficient (Wildman–Crippen LogP) is 6.14. The van der Waals surface area contributed by atoms with Gasteiger partial charge in [-0.25, -0.2) is 9.97 Å². The maximum absolute atomic E-state index is 13.4. The molecule has 45 heavy (non-hydrogen) atoms. The van der Waals surface area contributed by atoms with Crippen molar-refractivity contribution in [2.75, 3.05) is 29.9 Å². The predicted molar refractivity (Wildman–Crippen MR) is 176 cm³/mol. The standard InChI is InChI=1S/C34H40N6O4S/c1-34(2,3)30(32(43)44)23-12-13-29(41)40(27-11-7-4-8-22(23)27)19-28-36-26(20-45-28)31(42)39-16-14-21(15-17-39)18-35-33-37-24-9-5-6-10-25(24)38-33/h4-11,20-21,23,30H,12-19H2,1-3H3,(H,43,44)(H2,35,37,38). The summed E-state index contributed by atoms with van der Waals surface area (Å²) in [5, 5.41) is 16.0. The van der Waals surface area contributed by atoms with Crippen molar-refractivity contribution in [2.45, 2.75) is 58.9 Å². The van der Waals surface area contributed by atoms with E-state index in [4.69, 9.17) is 0 Å². The molecule has 2 unspecified atom stereocenters. The minimum absolute atomic E-state index is 0.0654. The van der Waals surface area contributed by atoms with Gasteiger partial charge in [-0.1, -0.05) is 51.1 Å². The molecular formula is C34H40N6O4S. The Bertz CT molecular complexity index is 1670. The minimum atomic E-state index is -0.849. The molecule has 0 bridgehead atoms. The summed E-state index contributed by atoms with van der Waals surface area (Å²) in [6, 6.07) is 15.6. The van der Waals surface area contributed by atoms with Crippen molar-refractivity contribution in [1.29, 1.82) is 0 Å². The highest BCUT2D eigenvalue weighted by Crippen LogP contribution is 2.46. The molecule has 1 fully saturated rings. The van der Waals surface area contributed by atoms with Crippen LogP contribution in [0.5, 0.6) is 0 Å². The Balaban J connectivity index is 1.09. The van der Waals surface area contributed by atoms with Crippen molar-refractivity contribution in [3.8, 4) is 0 Å². The number of carbonyl (C=O) groups excluding carboxylic acids is 2. The lowest BCUT2D eigenvalue weighted by Gasteiger charge is -2.34. The van der Waals surface area contributed by atoms with Gasteiger partial charge in [0.25, 0.3) is 5.91 Å². The number of rotatable bonds is 8. The van der Waals surface area contributed by atoms with E-state index in [2.05, 4.69) is 20.3 Å². The summed E-state index contributed by atoms with van der Waals surface area (Å²) in [5.74, 6) is -0.731. The topological polar surface area (TPSA) is 132 Å². The molecule has 4 aromatic rings. The summed E-state index contributed by atoms with van der Waals surface area (Å²) in [7, 11) is 0. The third kappa shape index (κ3) is 6.58. The Hall–Kier alpha value is -4.25. The van der Waals surface area contributed by atoms with Gasteiger partial charge in [-0.15, -0.1) is 11.3 Å². The maximum Gasteiger partial charge on any atom is 0.307 e. The molecule has 2 aromatic carbocycles. The van der Waals surface area contributed by atoms with Gasteiger partial charge in [0.15, 0.2) is 0 Å². The van der Waals surface area contributed by atoms with Gasteiger partial charge in [-0.05, 0) is 54.4 Å². The zero-order chi connectivity index (χ0) is 31.7. The number of aromatic amines is 1. The number of carboxylic acids is 1. The average molecular weight is 629 g/mol. The SMILES string of the molecule is CC(C)(C)C(C(=O)O)C1CCC(=O)N(Cc2nc(C(=O)N3CCC(CNc4nc5ccccc5[nH]4)CC3)cs2)c2ccccc21. The molecule has 2 aliphatic rings. The summed E-state index contributed by atoms with van der Waals surface area (Å²) in [6.45, 7) is 8.17. The number of carboxylic acid groups (broad SMARTS) is 1. The molecule has 0 spiro atoms. The minimum Gasteiger partial charge on any atom is -0.481 e. The smallest absolute Gasteiger partial charge is 0.307 e. The number of aliphatic carboxylic acids is 1. The van der Waals surface area contributed by atoms with E-state index in [9.17, 15) is 19.5 Å². The molecule has 11 heteroatoms. The number of nitrogens with one attached hydrogen (secondary N) is 2. The van der Waals surface area contributed by atoms with Crippen LogP contribution in [-0.4, -0.2) is 62.4 Å². The number of hydrogen-bond donors (Lipinski definition) is 3. The Labute approximate surface area is 266 Å². The summed E-state index contributed by atoms with van der Waals surface area (Å²) in [6.07, 6.45) is 2.49. The molecule has 3 N–H and O–H groups in total. The number of imidazole rings is 1. The number of H-pyrrole nitrogens is 1. The molecule has 6 rings (SSSR count). The number of aromatic nitrogens is 3. The molecule has 236 valence electrons. The number of amides is 2. The van der Waals surface area contributed by atoms with Crippen molar-refractivity contribution < 1.29 is 19.5 Å². The number of likely N-dealkylation sites (tertiary alicyclic amines) is 1. The molecule has 0 saturated carbocycles. The summed E-state index contributed by atoms with van der Waals surface area (Å²) in [5.41, 5.74) is 3.46. The van der Waals surface area contributed by atoms with E-state index in [1.165, 1.54) is 11.3 Å². The molecule has 2 amide bonds. The normalized spacial score (nSPS) is 18.5. The molecule has 0 aliphatic carbocycles. The number of benzene rings is 2. The summed E-state index contributed by atoms with van der Waals surface area (Å²) in [4.78, 5) is 55.4. The number of thiazole rings is 1. The van der Waals surface area contributed by atoms with Gasteiger partial charge in [0.2, 0.25) is 11.9 Å². The number of hydrogen-bond acceptors (Lipinski definition) is 7. The Morgan fingerprint density at radius 2 is 1.80 bits per heavy atom. The van der Waals surface area contributed by atoms with Gasteiger partial charge < -0.3 is 25.2 Å². The molecule has 10 nitrogen and oxygen atoms in total. The highest BCUT2D eigenvalue weighted by atomic mass is 32.1. The van der Waals surface area contributed by atoms with Gasteiger partial charge in [0.1, 0.15) is 10.7 Å². The lowest BCUT2D eigenvalue weighted by Crippen LogP contribution is -2.40. The van der Waals surface area contributed by atoms with Crippen molar-refractivity contribution in [2.24, 2.45) is 17.3 Å². The number of carbonyl (C=O) groups is 3. The second-order valence-electron chi connectivity index (χ2n) is 13.2. The summed E-state index contributed by atoms with van der Waals surface area (Å²) >= 11 is 1.38. The van der Waals surface area contributed by atoms with Crippen LogP contribution in [0.1, 0.15) is 73.4 Å². The third-order valence-corrected chi connectivity index (χ3v) is 9.95. The zero-order valence-electron chi connectivity index (χ0n) is 26.0. The van der Waals surface area contributed by atoms with Crippen molar-refractivity contribution in [3.63, 3.8) is 0 Å². The van der Waals surface area contributed by atoms with Crippen LogP contribution in [0.4, 0.5) is 11.6 Å². The number of para-hydroxylation sites is 3. The van der Waals surface area contributed by atoms with Crippen LogP contribution in [0.2, 0.25) is 0 Å². The number of nitrogens with zero attached hydrogens (tertiary/aromatic N) is 4. The third-order valence-electron chi connectivity index (χ3n) is 9.11. The average Bonchev–Trinajstić information content (AvgIpc) is 3.64. The van der Waals surface area contributed by atoms with Gasteiger partial charge in [-0.3, -0.25) is 14.4 Å². The van der Waals surface area contributed by atoms with Crippen LogP contribution in [0.25, 0.3) is 11.0 Å². The highest BCUT2D eigenvalue weighted by Gasteiger charge is 2.42. The Kier molecular flexibility index (Phi) is 8.63. The van der Waals surface area contributed by atoms with Crippen LogP contribution < -0.4 is 10.2 Å². The molecule has 0 radical (unpaired) electrons. The Morgan fingerprint density at radius 3 is 2.53 bits per heavy atom. The molecular weight excluding hydrogens is 588 g/mol. The van der Waals surface area contributed by atoms with Crippen molar-refractivity contribution in [3.05, 3.63) is 70.2 Å². The van der Waals surface area contributed by atoms with E-state index in [0.717, 1.165) is 47.6 Å². The van der Waals surface area contributed by atoms with Crippen LogP contribution in [0.3, 0.4) is 0 Å². The van der Waals surface area contributed by atoms with Gasteiger partial charge in [0, 0.05) is 43.0 Å². The summed E-state index contributed by atoms with van der Waals surface area (Å²) < 4.78 is 0. The van der Waals surface area contributed by atoms with Crippen LogP contribution in [-0.2, 0) is 16.1 Å². The number of fused-ring (bicyclic) bond motifs is 2.